The first-order valence-corrected chi connectivity index (χ1v) is 14.0. The normalized spacial score (nSPS) is 17.2. The zero-order valence-corrected chi connectivity index (χ0v) is 23.4. The van der Waals surface area contributed by atoms with Crippen LogP contribution in [0.2, 0.25) is 0 Å². The minimum absolute atomic E-state index is 0.0206. The van der Waals surface area contributed by atoms with Crippen molar-refractivity contribution in [2.24, 2.45) is 0 Å². The lowest BCUT2D eigenvalue weighted by molar-refractivity contribution is -0.275. The van der Waals surface area contributed by atoms with E-state index < -0.39 is 18.1 Å². The second kappa shape index (κ2) is 10.8. The number of nitrogens with one attached hydrogen (secondary N) is 2. The molecule has 2 aromatic carbocycles. The summed E-state index contributed by atoms with van der Waals surface area (Å²) >= 11 is 1.22. The molecule has 2 N–H and O–H groups in total. The molecule has 4 heterocycles. The number of aryl methyl sites for hydroxylation is 1. The molecule has 1 atom stereocenters. The van der Waals surface area contributed by atoms with Crippen LogP contribution in [0, 0.1) is 6.92 Å². The molecule has 218 valence electrons. The maximum atomic E-state index is 13.5. The van der Waals surface area contributed by atoms with Gasteiger partial charge in [0.2, 0.25) is 0 Å². The van der Waals surface area contributed by atoms with E-state index in [0.29, 0.717) is 37.7 Å². The van der Waals surface area contributed by atoms with Crippen LogP contribution in [0.1, 0.15) is 28.1 Å². The van der Waals surface area contributed by atoms with Crippen LogP contribution in [0.25, 0.3) is 10.2 Å². The Bertz CT molecular complexity index is 1690. The van der Waals surface area contributed by atoms with Crippen molar-refractivity contribution < 1.29 is 32.2 Å². The van der Waals surface area contributed by atoms with Gasteiger partial charge in [-0.05, 0) is 75.3 Å². The maximum Gasteiger partial charge on any atom is 0.573 e. The first-order valence-electron chi connectivity index (χ1n) is 13.2. The van der Waals surface area contributed by atoms with Crippen molar-refractivity contribution in [2.45, 2.75) is 32.2 Å². The van der Waals surface area contributed by atoms with E-state index in [-0.39, 0.29) is 23.4 Å². The summed E-state index contributed by atoms with van der Waals surface area (Å²) in [5, 5.41) is 6.66. The highest BCUT2D eigenvalue weighted by Crippen LogP contribution is 2.47. The number of likely N-dealkylation sites (N-methyl/N-ethyl adjacent to an activating group) is 1. The van der Waals surface area contributed by atoms with Crippen LogP contribution in [-0.4, -0.2) is 54.4 Å². The van der Waals surface area contributed by atoms with Gasteiger partial charge in [0.05, 0.1) is 22.4 Å². The molecule has 0 bridgehead atoms. The van der Waals surface area contributed by atoms with Crippen molar-refractivity contribution in [2.75, 3.05) is 30.4 Å². The summed E-state index contributed by atoms with van der Waals surface area (Å²) in [6, 6.07) is 11.6. The molecule has 0 aliphatic carbocycles. The van der Waals surface area contributed by atoms with E-state index >= 15 is 0 Å². The van der Waals surface area contributed by atoms with Gasteiger partial charge >= 0.3 is 12.4 Å². The number of pyridine rings is 1. The number of benzene rings is 2. The van der Waals surface area contributed by atoms with Gasteiger partial charge in [-0.1, -0.05) is 12.1 Å². The van der Waals surface area contributed by atoms with Crippen molar-refractivity contribution in [1.82, 2.24) is 15.2 Å². The summed E-state index contributed by atoms with van der Waals surface area (Å²) in [6.45, 7) is 3.51. The number of piperidine rings is 1. The summed E-state index contributed by atoms with van der Waals surface area (Å²) < 4.78 is 48.3. The number of likely N-dealkylation sites (tertiary alicyclic amines) is 1. The van der Waals surface area contributed by atoms with Crippen LogP contribution in [0.3, 0.4) is 0 Å². The summed E-state index contributed by atoms with van der Waals surface area (Å²) in [5.74, 6) is -0.570. The SMILES string of the molecule is Cc1cc(Oc2ccccc2OC(F)(F)F)ccc1N1C(=O)Nc2c(C(=O)N[C@@H]3CCCN(C)C3)sc3nccc1c23. The molecule has 2 aliphatic heterocycles. The van der Waals surface area contributed by atoms with Crippen LogP contribution in [0.5, 0.6) is 17.2 Å². The Morgan fingerprint density at radius 3 is 2.67 bits per heavy atom. The van der Waals surface area contributed by atoms with E-state index in [1.807, 2.05) is 7.05 Å². The number of aromatic nitrogens is 1. The van der Waals surface area contributed by atoms with E-state index in [1.165, 1.54) is 34.4 Å². The Morgan fingerprint density at radius 2 is 1.93 bits per heavy atom. The fourth-order valence-electron chi connectivity index (χ4n) is 5.33. The number of alkyl halides is 3. The molecule has 0 saturated carbocycles. The molecule has 13 heteroatoms. The standard InChI is InChI=1S/C29H26F3N5O4S/c1-16-14-18(40-21-7-3-4-8-22(21)41-29(30,31)32)9-10-19(16)37-20-11-12-33-27-23(20)24(35-28(37)39)25(42-27)26(38)34-17-6-5-13-36(2)15-17/h3-4,7-12,14,17H,5-6,13,15H2,1-2H3,(H,34,38)(H,35,39)/t17-/m1/s1. The van der Waals surface area contributed by atoms with Gasteiger partial charge in [-0.2, -0.15) is 0 Å². The number of urea groups is 1. The zero-order valence-electron chi connectivity index (χ0n) is 22.6. The zero-order chi connectivity index (χ0) is 29.6. The summed E-state index contributed by atoms with van der Waals surface area (Å²) in [4.78, 5) is 35.9. The van der Waals surface area contributed by atoms with Crippen molar-refractivity contribution in [3.05, 3.63) is 65.2 Å². The summed E-state index contributed by atoms with van der Waals surface area (Å²) in [7, 11) is 2.02. The fraction of sp³-hybridized carbons (Fsp3) is 0.276. The molecule has 42 heavy (non-hydrogen) atoms. The Hall–Kier alpha value is -4.36. The Balaban J connectivity index is 1.30. The quantitative estimate of drug-likeness (QED) is 0.254. The second-order valence-electron chi connectivity index (χ2n) is 10.2. The molecule has 6 rings (SSSR count). The number of para-hydroxylation sites is 2. The van der Waals surface area contributed by atoms with E-state index in [1.54, 1.807) is 37.4 Å². The van der Waals surface area contributed by atoms with Gasteiger partial charge in [-0.15, -0.1) is 24.5 Å². The van der Waals surface area contributed by atoms with Crippen LogP contribution >= 0.6 is 11.3 Å². The third kappa shape index (κ3) is 5.44. The van der Waals surface area contributed by atoms with Crippen molar-refractivity contribution in [3.8, 4) is 17.2 Å². The first kappa shape index (κ1) is 27.8. The number of hydrogen-bond donors (Lipinski definition) is 2. The van der Waals surface area contributed by atoms with Gasteiger partial charge in [0, 0.05) is 18.8 Å². The maximum absolute atomic E-state index is 13.5. The smallest absolute Gasteiger partial charge is 0.453 e. The average molecular weight is 598 g/mol. The van der Waals surface area contributed by atoms with Crippen molar-refractivity contribution in [1.29, 1.82) is 0 Å². The average Bonchev–Trinajstić information content (AvgIpc) is 3.29. The molecular formula is C29H26F3N5O4S. The third-order valence-corrected chi connectivity index (χ3v) is 8.22. The predicted octanol–water partition coefficient (Wildman–Crippen LogP) is 6.80. The van der Waals surface area contributed by atoms with Gasteiger partial charge < -0.3 is 25.0 Å². The van der Waals surface area contributed by atoms with E-state index in [4.69, 9.17) is 4.74 Å². The van der Waals surface area contributed by atoms with E-state index in [0.717, 1.165) is 32.0 Å². The lowest BCUT2D eigenvalue weighted by atomic mass is 10.1. The highest BCUT2D eigenvalue weighted by Gasteiger charge is 2.35. The minimum Gasteiger partial charge on any atom is -0.453 e. The number of carbonyl (C=O) groups is 2. The van der Waals surface area contributed by atoms with Gasteiger partial charge in [0.25, 0.3) is 5.91 Å². The van der Waals surface area contributed by atoms with Gasteiger partial charge in [-0.3, -0.25) is 9.69 Å². The number of thiophene rings is 1. The number of rotatable bonds is 6. The molecular weight excluding hydrogens is 571 g/mol. The molecule has 1 fully saturated rings. The Morgan fingerprint density at radius 1 is 1.14 bits per heavy atom. The molecule has 4 aromatic rings. The molecule has 1 saturated heterocycles. The monoisotopic (exact) mass is 597 g/mol. The highest BCUT2D eigenvalue weighted by atomic mass is 32.1. The summed E-state index contributed by atoms with van der Waals surface area (Å²) in [5.41, 5.74) is 2.15. The minimum atomic E-state index is -4.87. The Kier molecular flexibility index (Phi) is 7.15. The number of hydrogen-bond acceptors (Lipinski definition) is 7. The molecule has 2 aliphatic rings. The number of nitrogens with zero attached hydrogens (tertiary/aromatic N) is 3. The van der Waals surface area contributed by atoms with Gasteiger partial charge in [0.15, 0.2) is 11.5 Å². The Labute approximate surface area is 242 Å². The molecule has 0 radical (unpaired) electrons. The molecule has 0 spiro atoms. The van der Waals surface area contributed by atoms with Crippen LogP contribution in [0.4, 0.5) is 35.0 Å². The molecule has 2 aromatic heterocycles. The molecule has 3 amide bonds. The molecule has 9 nitrogen and oxygen atoms in total. The fourth-order valence-corrected chi connectivity index (χ4v) is 6.35. The van der Waals surface area contributed by atoms with Crippen LogP contribution in [0.15, 0.2) is 54.7 Å². The van der Waals surface area contributed by atoms with Crippen LogP contribution in [-0.2, 0) is 0 Å². The van der Waals surface area contributed by atoms with E-state index in [2.05, 4.69) is 25.3 Å². The number of anilines is 3. The number of halogens is 3. The summed E-state index contributed by atoms with van der Waals surface area (Å²) in [6.07, 6.45) is -1.40. The lowest BCUT2D eigenvalue weighted by Gasteiger charge is -2.31. The van der Waals surface area contributed by atoms with Gasteiger partial charge in [-0.25, -0.2) is 9.78 Å². The van der Waals surface area contributed by atoms with Crippen LogP contribution < -0.4 is 25.0 Å². The predicted molar refractivity (Wildman–Crippen MR) is 153 cm³/mol. The largest absolute Gasteiger partial charge is 0.573 e. The molecule has 0 unspecified atom stereocenters. The lowest BCUT2D eigenvalue weighted by Crippen LogP contribution is -2.46. The second-order valence-corrected chi connectivity index (χ2v) is 11.2. The van der Waals surface area contributed by atoms with E-state index in [9.17, 15) is 22.8 Å². The first-order chi connectivity index (χ1) is 20.1. The van der Waals surface area contributed by atoms with Gasteiger partial charge in [0.1, 0.15) is 15.5 Å². The third-order valence-electron chi connectivity index (χ3n) is 7.12. The number of carbonyl (C=O) groups excluding carboxylic acids is 2. The number of ether oxygens (including phenoxy) is 2. The highest BCUT2D eigenvalue weighted by molar-refractivity contribution is 7.21. The number of amides is 3. The van der Waals surface area contributed by atoms with Crippen molar-refractivity contribution >= 4 is 50.6 Å². The van der Waals surface area contributed by atoms with Crippen molar-refractivity contribution in [3.63, 3.8) is 0 Å². The topological polar surface area (TPSA) is 96.0 Å².